The highest BCUT2D eigenvalue weighted by atomic mass is 32.2. The van der Waals surface area contributed by atoms with Gasteiger partial charge in [-0.2, -0.15) is 13.1 Å². The molecule has 0 spiro atoms. The number of piperidine rings is 1. The molecule has 0 unspecified atom stereocenters. The van der Waals surface area contributed by atoms with E-state index in [2.05, 4.69) is 4.74 Å². The molecular formula is C14H20F2N2O5S2. The summed E-state index contributed by atoms with van der Waals surface area (Å²) >= 11 is 0. The fraction of sp³-hybridized carbons (Fsp3) is 0.571. The SMILES string of the molecule is CN(C1CCN(S(=O)(=O)c2ccccc2OC(F)F)CC1)S(C)(=O)=O. The third-order valence-corrected chi connectivity index (χ3v) is 7.43. The van der Waals surface area contributed by atoms with E-state index in [1.807, 2.05) is 0 Å². The smallest absolute Gasteiger partial charge is 0.387 e. The number of hydrogen-bond acceptors (Lipinski definition) is 5. The molecule has 11 heteroatoms. The number of ether oxygens (including phenoxy) is 1. The van der Waals surface area contributed by atoms with Crippen LogP contribution in [0.4, 0.5) is 8.78 Å². The third kappa shape index (κ3) is 4.66. The van der Waals surface area contributed by atoms with E-state index in [1.165, 1.54) is 35.6 Å². The molecule has 1 aromatic carbocycles. The predicted molar refractivity (Wildman–Crippen MR) is 87.5 cm³/mol. The Morgan fingerprint density at radius 1 is 1.16 bits per heavy atom. The topological polar surface area (TPSA) is 84.0 Å². The van der Waals surface area contributed by atoms with Crippen molar-refractivity contribution < 1.29 is 30.4 Å². The van der Waals surface area contributed by atoms with Crippen LogP contribution >= 0.6 is 0 Å². The summed E-state index contributed by atoms with van der Waals surface area (Å²) in [7, 11) is -5.93. The predicted octanol–water partition coefficient (Wildman–Crippen LogP) is 1.33. The number of para-hydroxylation sites is 1. The van der Waals surface area contributed by atoms with E-state index >= 15 is 0 Å². The van der Waals surface area contributed by atoms with Gasteiger partial charge in [-0.1, -0.05) is 12.1 Å². The first-order valence-corrected chi connectivity index (χ1v) is 10.8. The maximum Gasteiger partial charge on any atom is 0.387 e. The molecule has 1 heterocycles. The minimum atomic E-state index is -4.02. The Kier molecular flexibility index (Phi) is 6.02. The summed E-state index contributed by atoms with van der Waals surface area (Å²) in [5.41, 5.74) is 0. The van der Waals surface area contributed by atoms with Crippen molar-refractivity contribution in [1.29, 1.82) is 0 Å². The normalized spacial score (nSPS) is 18.0. The molecule has 0 bridgehead atoms. The zero-order valence-corrected chi connectivity index (χ0v) is 15.4. The van der Waals surface area contributed by atoms with Gasteiger partial charge in [-0.15, -0.1) is 0 Å². The highest BCUT2D eigenvalue weighted by molar-refractivity contribution is 7.89. The summed E-state index contributed by atoms with van der Waals surface area (Å²) in [6.07, 6.45) is 1.73. The summed E-state index contributed by atoms with van der Waals surface area (Å²) in [4.78, 5) is -0.329. The molecule has 1 saturated heterocycles. The van der Waals surface area contributed by atoms with Crippen molar-refractivity contribution >= 4 is 20.0 Å². The van der Waals surface area contributed by atoms with Gasteiger partial charge in [0.2, 0.25) is 20.0 Å². The van der Waals surface area contributed by atoms with Crippen LogP contribution in [0.1, 0.15) is 12.8 Å². The van der Waals surface area contributed by atoms with E-state index in [0.29, 0.717) is 12.8 Å². The third-order valence-electron chi connectivity index (χ3n) is 4.14. The molecule has 142 valence electrons. The van der Waals surface area contributed by atoms with Crippen molar-refractivity contribution in [2.45, 2.75) is 30.4 Å². The number of sulfonamides is 2. The van der Waals surface area contributed by atoms with Gasteiger partial charge in [0.25, 0.3) is 0 Å². The molecule has 1 aliphatic heterocycles. The lowest BCUT2D eigenvalue weighted by molar-refractivity contribution is -0.0518. The van der Waals surface area contributed by atoms with Crippen molar-refractivity contribution in [3.05, 3.63) is 24.3 Å². The standard InChI is InChI=1S/C14H20F2N2O5S2/c1-17(24(2,19)20)11-7-9-18(10-8-11)25(21,22)13-6-4-3-5-12(13)23-14(15)16/h3-6,11,14H,7-10H2,1-2H3. The fourth-order valence-corrected chi connectivity index (χ4v) is 5.06. The van der Waals surface area contributed by atoms with Gasteiger partial charge in [-0.05, 0) is 25.0 Å². The molecule has 25 heavy (non-hydrogen) atoms. The Labute approximate surface area is 146 Å². The number of alkyl halides is 2. The molecule has 7 nitrogen and oxygen atoms in total. The van der Waals surface area contributed by atoms with Gasteiger partial charge in [-0.25, -0.2) is 21.1 Å². The summed E-state index contributed by atoms with van der Waals surface area (Å²) in [5.74, 6) is -0.409. The molecule has 1 aliphatic rings. The van der Waals surface area contributed by atoms with Gasteiger partial charge in [0.05, 0.1) is 6.26 Å². The zero-order valence-electron chi connectivity index (χ0n) is 13.8. The van der Waals surface area contributed by atoms with Crippen LogP contribution in [0.3, 0.4) is 0 Å². The van der Waals surface area contributed by atoms with Crippen molar-refractivity contribution in [2.75, 3.05) is 26.4 Å². The van der Waals surface area contributed by atoms with Gasteiger partial charge in [0, 0.05) is 26.2 Å². The van der Waals surface area contributed by atoms with Gasteiger partial charge < -0.3 is 4.74 Å². The maximum atomic E-state index is 12.7. The Bertz CT molecular complexity index is 806. The van der Waals surface area contributed by atoms with Gasteiger partial charge in [0.15, 0.2) is 0 Å². The van der Waals surface area contributed by atoms with Crippen LogP contribution in [0.15, 0.2) is 29.2 Å². The Hall–Kier alpha value is -1.30. The first kappa shape index (κ1) is 20.0. The molecule has 0 radical (unpaired) electrons. The van der Waals surface area contributed by atoms with E-state index in [4.69, 9.17) is 0 Å². The lowest BCUT2D eigenvalue weighted by atomic mass is 10.1. The molecule has 0 saturated carbocycles. The van der Waals surface area contributed by atoms with Crippen LogP contribution in [0.25, 0.3) is 0 Å². The molecule has 0 aliphatic carbocycles. The average Bonchev–Trinajstić information content (AvgIpc) is 2.53. The number of hydrogen-bond donors (Lipinski definition) is 0. The second-order valence-electron chi connectivity index (χ2n) is 5.74. The maximum absolute atomic E-state index is 12.7. The molecule has 1 fully saturated rings. The highest BCUT2D eigenvalue weighted by Crippen LogP contribution is 2.30. The molecule has 0 aromatic heterocycles. The summed E-state index contributed by atoms with van der Waals surface area (Å²) in [6.45, 7) is -2.95. The molecule has 2 rings (SSSR count). The number of halogens is 2. The summed E-state index contributed by atoms with van der Waals surface area (Å²) in [5, 5.41) is 0. The quantitative estimate of drug-likeness (QED) is 0.722. The van der Waals surface area contributed by atoms with E-state index in [-0.39, 0.29) is 24.0 Å². The van der Waals surface area contributed by atoms with Crippen LogP contribution < -0.4 is 4.74 Å². The fourth-order valence-electron chi connectivity index (χ4n) is 2.71. The lowest BCUT2D eigenvalue weighted by Crippen LogP contribution is -2.46. The largest absolute Gasteiger partial charge is 0.433 e. The minimum Gasteiger partial charge on any atom is -0.433 e. The van der Waals surface area contributed by atoms with Gasteiger partial charge >= 0.3 is 6.61 Å². The van der Waals surface area contributed by atoms with Crippen LogP contribution in [0.2, 0.25) is 0 Å². The van der Waals surface area contributed by atoms with Crippen LogP contribution in [-0.2, 0) is 20.0 Å². The van der Waals surface area contributed by atoms with Crippen molar-refractivity contribution in [3.63, 3.8) is 0 Å². The average molecular weight is 398 g/mol. The van der Waals surface area contributed by atoms with E-state index < -0.39 is 32.4 Å². The summed E-state index contributed by atoms with van der Waals surface area (Å²) in [6, 6.07) is 4.92. The van der Waals surface area contributed by atoms with Crippen LogP contribution in [-0.4, -0.2) is 64.5 Å². The Morgan fingerprint density at radius 3 is 2.24 bits per heavy atom. The highest BCUT2D eigenvalue weighted by Gasteiger charge is 2.34. The first-order valence-electron chi connectivity index (χ1n) is 7.50. The number of nitrogens with zero attached hydrogens (tertiary/aromatic N) is 2. The van der Waals surface area contributed by atoms with E-state index in [0.717, 1.165) is 10.6 Å². The van der Waals surface area contributed by atoms with E-state index in [1.54, 1.807) is 0 Å². The lowest BCUT2D eigenvalue weighted by Gasteiger charge is -2.35. The Balaban J connectivity index is 2.18. The van der Waals surface area contributed by atoms with Crippen molar-refractivity contribution in [1.82, 2.24) is 8.61 Å². The number of benzene rings is 1. The summed E-state index contributed by atoms with van der Waals surface area (Å²) < 4.78 is 80.3. The first-order chi connectivity index (χ1) is 11.5. The Morgan fingerprint density at radius 2 is 1.72 bits per heavy atom. The molecule has 0 atom stereocenters. The second kappa shape index (κ2) is 7.52. The van der Waals surface area contributed by atoms with Crippen molar-refractivity contribution in [2.24, 2.45) is 0 Å². The van der Waals surface area contributed by atoms with Gasteiger partial charge in [-0.3, -0.25) is 0 Å². The zero-order chi connectivity index (χ0) is 18.8. The molecule has 1 aromatic rings. The van der Waals surface area contributed by atoms with E-state index in [9.17, 15) is 25.6 Å². The van der Waals surface area contributed by atoms with Crippen LogP contribution in [0, 0.1) is 0 Å². The second-order valence-corrected chi connectivity index (χ2v) is 9.69. The molecular weight excluding hydrogens is 378 g/mol. The minimum absolute atomic E-state index is 0.0931. The van der Waals surface area contributed by atoms with Crippen molar-refractivity contribution in [3.8, 4) is 5.75 Å². The van der Waals surface area contributed by atoms with Crippen LogP contribution in [0.5, 0.6) is 5.75 Å². The molecule has 0 N–H and O–H groups in total. The van der Waals surface area contributed by atoms with Gasteiger partial charge in [0.1, 0.15) is 10.6 Å². The number of rotatable bonds is 6. The molecule has 0 amide bonds. The monoisotopic (exact) mass is 398 g/mol.